The van der Waals surface area contributed by atoms with Crippen LogP contribution < -0.4 is 5.32 Å². The Morgan fingerprint density at radius 2 is 2.13 bits per heavy atom. The lowest BCUT2D eigenvalue weighted by atomic mass is 9.74. The molecule has 0 fully saturated rings. The van der Waals surface area contributed by atoms with Crippen molar-refractivity contribution < 1.29 is 13.2 Å². The molecule has 1 aliphatic rings. The molecule has 2 rings (SSSR count). The van der Waals surface area contributed by atoms with Crippen LogP contribution in [0.5, 0.6) is 0 Å². The highest BCUT2D eigenvalue weighted by Gasteiger charge is 2.39. The number of hydrogen-bond donors (Lipinski definition) is 1. The lowest BCUT2D eigenvalue weighted by Crippen LogP contribution is -2.30. The van der Waals surface area contributed by atoms with Crippen LogP contribution in [0, 0.1) is 0 Å². The zero-order valence-electron chi connectivity index (χ0n) is 8.36. The van der Waals surface area contributed by atoms with E-state index in [2.05, 4.69) is 5.32 Å². The van der Waals surface area contributed by atoms with Gasteiger partial charge in [-0.15, -0.1) is 0 Å². The second-order valence-corrected chi connectivity index (χ2v) is 3.83. The van der Waals surface area contributed by atoms with Gasteiger partial charge < -0.3 is 5.32 Å². The number of hydrogen-bond acceptors (Lipinski definition) is 1. The summed E-state index contributed by atoms with van der Waals surface area (Å²) in [6.07, 6.45) is -3.47. The van der Waals surface area contributed by atoms with Gasteiger partial charge in [0.15, 0.2) is 0 Å². The maximum absolute atomic E-state index is 12.7. The average Bonchev–Trinajstić information content (AvgIpc) is 2.12. The van der Waals surface area contributed by atoms with E-state index < -0.39 is 11.7 Å². The highest BCUT2D eigenvalue weighted by Crippen LogP contribution is 2.43. The number of fused-ring (bicyclic) bond motifs is 1. The quantitative estimate of drug-likeness (QED) is 0.799. The summed E-state index contributed by atoms with van der Waals surface area (Å²) in [5.74, 6) is 0.0165. The van der Waals surface area contributed by atoms with Gasteiger partial charge in [0.25, 0.3) is 0 Å². The van der Waals surface area contributed by atoms with Gasteiger partial charge in [-0.05, 0) is 30.7 Å². The van der Waals surface area contributed by atoms with E-state index >= 15 is 0 Å². The summed E-state index contributed by atoms with van der Waals surface area (Å²) in [7, 11) is 1.76. The van der Waals surface area contributed by atoms with Crippen molar-refractivity contribution in [2.75, 3.05) is 13.6 Å². The zero-order valence-corrected chi connectivity index (χ0v) is 8.36. The van der Waals surface area contributed by atoms with Crippen LogP contribution in [0.25, 0.3) is 0 Å². The molecule has 1 aromatic carbocycles. The third-order valence-corrected chi connectivity index (χ3v) is 2.83. The molecule has 1 atom stereocenters. The number of rotatable bonds is 2. The Bertz CT molecular complexity index is 371. The topological polar surface area (TPSA) is 12.0 Å². The first kappa shape index (κ1) is 10.5. The van der Waals surface area contributed by atoms with Gasteiger partial charge >= 0.3 is 6.18 Å². The number of likely N-dealkylation sites (N-methyl/N-ethyl adjacent to an activating group) is 1. The van der Waals surface area contributed by atoms with Crippen molar-refractivity contribution in [3.8, 4) is 0 Å². The number of nitrogens with one attached hydrogen (secondary N) is 1. The molecule has 0 spiro atoms. The molecular weight excluding hydrogens is 203 g/mol. The lowest BCUT2D eigenvalue weighted by molar-refractivity contribution is -0.138. The van der Waals surface area contributed by atoms with Gasteiger partial charge in [-0.3, -0.25) is 0 Å². The van der Waals surface area contributed by atoms with E-state index in [1.54, 1.807) is 13.1 Å². The lowest BCUT2D eigenvalue weighted by Gasteiger charge is -2.33. The number of halogens is 3. The molecule has 0 saturated heterocycles. The maximum Gasteiger partial charge on any atom is 0.416 e. The smallest absolute Gasteiger partial charge is 0.319 e. The van der Waals surface area contributed by atoms with Crippen molar-refractivity contribution >= 4 is 0 Å². The molecule has 1 aromatic rings. The molecule has 4 heteroatoms. The average molecular weight is 215 g/mol. The van der Waals surface area contributed by atoms with Crippen LogP contribution in [0.15, 0.2) is 18.2 Å². The predicted octanol–water partition coefficient (Wildman–Crippen LogP) is 2.56. The van der Waals surface area contributed by atoms with E-state index in [4.69, 9.17) is 0 Å². The van der Waals surface area contributed by atoms with Gasteiger partial charge in [0.1, 0.15) is 0 Å². The SMILES string of the molecule is CNCC1Cc2cccc(C(F)(F)F)c21. The minimum Gasteiger partial charge on any atom is -0.319 e. The van der Waals surface area contributed by atoms with Crippen LogP contribution >= 0.6 is 0 Å². The van der Waals surface area contributed by atoms with Crippen LogP contribution in [-0.4, -0.2) is 13.6 Å². The van der Waals surface area contributed by atoms with Crippen molar-refractivity contribution in [1.29, 1.82) is 0 Å². The first-order valence-corrected chi connectivity index (χ1v) is 4.87. The Labute approximate surface area is 86.3 Å². The summed E-state index contributed by atoms with van der Waals surface area (Å²) < 4.78 is 38.0. The molecule has 1 unspecified atom stereocenters. The minimum absolute atomic E-state index is 0.0165. The summed E-state index contributed by atoms with van der Waals surface area (Å²) in [4.78, 5) is 0. The van der Waals surface area contributed by atoms with Gasteiger partial charge in [0.05, 0.1) is 5.56 Å². The first-order valence-electron chi connectivity index (χ1n) is 4.87. The van der Waals surface area contributed by atoms with E-state index in [1.165, 1.54) is 12.1 Å². The van der Waals surface area contributed by atoms with Crippen molar-refractivity contribution in [2.45, 2.75) is 18.5 Å². The molecule has 82 valence electrons. The standard InChI is InChI=1S/C11H12F3N/c1-15-6-8-5-7-3-2-4-9(10(7)8)11(12,13)14/h2-4,8,15H,5-6H2,1H3. The number of alkyl halides is 3. The fourth-order valence-corrected chi connectivity index (χ4v) is 2.18. The van der Waals surface area contributed by atoms with Crippen molar-refractivity contribution in [3.63, 3.8) is 0 Å². The van der Waals surface area contributed by atoms with E-state index in [9.17, 15) is 13.2 Å². The molecule has 0 aromatic heterocycles. The van der Waals surface area contributed by atoms with Gasteiger partial charge in [-0.1, -0.05) is 12.1 Å². The van der Waals surface area contributed by atoms with Crippen molar-refractivity contribution in [2.24, 2.45) is 0 Å². The second kappa shape index (κ2) is 3.52. The Morgan fingerprint density at radius 1 is 1.40 bits per heavy atom. The van der Waals surface area contributed by atoms with Gasteiger partial charge in [0.2, 0.25) is 0 Å². The summed E-state index contributed by atoms with van der Waals surface area (Å²) >= 11 is 0. The molecule has 0 saturated carbocycles. The van der Waals surface area contributed by atoms with E-state index in [-0.39, 0.29) is 5.92 Å². The van der Waals surface area contributed by atoms with E-state index in [1.807, 2.05) is 0 Å². The first-order chi connectivity index (χ1) is 7.04. The fourth-order valence-electron chi connectivity index (χ4n) is 2.18. The predicted molar refractivity (Wildman–Crippen MR) is 51.8 cm³/mol. The Hall–Kier alpha value is -1.03. The largest absolute Gasteiger partial charge is 0.416 e. The number of benzene rings is 1. The molecule has 1 nitrogen and oxygen atoms in total. The molecule has 0 bridgehead atoms. The molecule has 0 radical (unpaired) electrons. The van der Waals surface area contributed by atoms with Gasteiger partial charge in [-0.2, -0.15) is 13.2 Å². The van der Waals surface area contributed by atoms with Crippen LogP contribution in [0.3, 0.4) is 0 Å². The summed E-state index contributed by atoms with van der Waals surface area (Å²) in [6, 6.07) is 4.43. The Balaban J connectivity index is 2.38. The van der Waals surface area contributed by atoms with Crippen molar-refractivity contribution in [1.82, 2.24) is 5.32 Å². The molecule has 0 amide bonds. The minimum atomic E-state index is -4.22. The van der Waals surface area contributed by atoms with Gasteiger partial charge in [0, 0.05) is 12.5 Å². The Kier molecular flexibility index (Phi) is 2.46. The van der Waals surface area contributed by atoms with Crippen molar-refractivity contribution in [3.05, 3.63) is 34.9 Å². The highest BCUT2D eigenvalue weighted by molar-refractivity contribution is 5.47. The molecule has 0 aliphatic heterocycles. The Morgan fingerprint density at radius 3 is 2.73 bits per heavy atom. The third kappa shape index (κ3) is 1.74. The van der Waals surface area contributed by atoms with Crippen LogP contribution in [0.4, 0.5) is 13.2 Å². The normalized spacial score (nSPS) is 19.6. The maximum atomic E-state index is 12.7. The highest BCUT2D eigenvalue weighted by atomic mass is 19.4. The van der Waals surface area contributed by atoms with E-state index in [0.29, 0.717) is 12.1 Å². The summed E-state index contributed by atoms with van der Waals surface area (Å²) in [6.45, 7) is 0.611. The second-order valence-electron chi connectivity index (χ2n) is 3.83. The molecule has 1 N–H and O–H groups in total. The third-order valence-electron chi connectivity index (χ3n) is 2.83. The summed E-state index contributed by atoms with van der Waals surface area (Å²) in [5.41, 5.74) is 0.857. The molecule has 0 heterocycles. The molecular formula is C11H12F3N. The molecule has 1 aliphatic carbocycles. The fraction of sp³-hybridized carbons (Fsp3) is 0.455. The van der Waals surface area contributed by atoms with Gasteiger partial charge in [-0.25, -0.2) is 0 Å². The van der Waals surface area contributed by atoms with Crippen LogP contribution in [0.1, 0.15) is 22.6 Å². The van der Waals surface area contributed by atoms with Crippen LogP contribution in [0.2, 0.25) is 0 Å². The van der Waals surface area contributed by atoms with E-state index in [0.717, 1.165) is 12.0 Å². The zero-order chi connectivity index (χ0) is 11.1. The van der Waals surface area contributed by atoms with Crippen LogP contribution in [-0.2, 0) is 12.6 Å². The molecule has 15 heavy (non-hydrogen) atoms. The monoisotopic (exact) mass is 215 g/mol. The summed E-state index contributed by atoms with van der Waals surface area (Å²) in [5, 5.41) is 2.92.